The molecule has 5 nitrogen and oxygen atoms in total. The predicted molar refractivity (Wildman–Crippen MR) is 161 cm³/mol. The Morgan fingerprint density at radius 2 is 1.55 bits per heavy atom. The Morgan fingerprint density at radius 3 is 2.17 bits per heavy atom. The maximum absolute atomic E-state index is 14.4. The molecule has 0 bridgehead atoms. The van der Waals surface area contributed by atoms with E-state index in [2.05, 4.69) is 71.7 Å². The van der Waals surface area contributed by atoms with E-state index >= 15 is 0 Å². The van der Waals surface area contributed by atoms with Crippen molar-refractivity contribution in [2.45, 2.75) is 132 Å². The largest absolute Gasteiger partial charge is 0.511 e. The Labute approximate surface area is 246 Å². The summed E-state index contributed by atoms with van der Waals surface area (Å²) in [4.78, 5) is 14.4. The first kappa shape index (κ1) is 29.7. The van der Waals surface area contributed by atoms with Crippen molar-refractivity contribution < 1.29 is 9.90 Å². The lowest BCUT2D eigenvalue weighted by molar-refractivity contribution is -0.201. The molecule has 4 aliphatic carbocycles. The highest BCUT2D eigenvalue weighted by Crippen LogP contribution is 2.73. The second kappa shape index (κ2) is 9.38. The van der Waals surface area contributed by atoms with Crippen LogP contribution < -0.4 is 0 Å². The van der Waals surface area contributed by atoms with Crippen LogP contribution in [0.3, 0.4) is 0 Å². The summed E-state index contributed by atoms with van der Waals surface area (Å²) in [5.41, 5.74) is -0.202. The zero-order chi connectivity index (χ0) is 29.5. The molecular weight excluding hydrogens is 514 g/mol. The first-order valence-corrected chi connectivity index (χ1v) is 16.4. The number of nitriles is 1. The molecule has 0 radical (unpaired) electrons. The van der Waals surface area contributed by atoms with Gasteiger partial charge < -0.3 is 5.11 Å². The van der Waals surface area contributed by atoms with Crippen molar-refractivity contribution in [2.75, 3.05) is 0 Å². The minimum Gasteiger partial charge on any atom is -0.511 e. The van der Waals surface area contributed by atoms with Crippen LogP contribution in [-0.2, 0) is 10.2 Å². The lowest BCUT2D eigenvalue weighted by Crippen LogP contribution is -2.65. The summed E-state index contributed by atoms with van der Waals surface area (Å²) in [6.07, 6.45) is 9.52. The molecule has 0 spiro atoms. The van der Waals surface area contributed by atoms with Gasteiger partial charge in [-0.3, -0.25) is 4.79 Å². The average molecular weight is 566 g/mol. The van der Waals surface area contributed by atoms with Crippen LogP contribution in [0.2, 0.25) is 0 Å². The number of hydrogen-bond acceptors (Lipinski definition) is 6. The number of aryl methyl sites for hydroxylation is 1. The molecule has 1 aromatic rings. The number of hydrogen-bond donors (Lipinski definition) is 1. The summed E-state index contributed by atoms with van der Waals surface area (Å²) in [6, 6.07) is 2.36. The molecule has 4 aliphatic rings. The van der Waals surface area contributed by atoms with Crippen LogP contribution in [0.4, 0.5) is 0 Å². The van der Waals surface area contributed by atoms with E-state index in [1.165, 1.54) is 0 Å². The number of Topliss-reactive ketones (excluding diaryl/α,β-unsaturated/α-hetero) is 1. The number of aliphatic hydroxyl groups excluding tert-OH is 1. The summed E-state index contributed by atoms with van der Waals surface area (Å²) in [5.74, 6) is 1.20. The quantitative estimate of drug-likeness (QED) is 0.367. The molecule has 1 heterocycles. The number of rotatable bonds is 1. The van der Waals surface area contributed by atoms with Crippen LogP contribution >= 0.6 is 11.3 Å². The topological polar surface area (TPSA) is 86.9 Å². The third-order valence-corrected chi connectivity index (χ3v) is 14.5. The number of carbonyl (C=O) groups excluding carboxylic acids is 1. The van der Waals surface area contributed by atoms with Crippen LogP contribution in [0.25, 0.3) is 0 Å². The number of fused-ring (bicyclic) bond motifs is 5. The highest BCUT2D eigenvalue weighted by molar-refractivity contribution is 7.11. The van der Waals surface area contributed by atoms with Gasteiger partial charge in [-0.15, -0.1) is 21.5 Å². The SMILES string of the molecule is Cc1nnc([C@@]2(C)CCC(C)(C)CCC3C(=O)C[C@@H]4[C@@]5(C)CC(C#N)=C(O)C(C)(C)[C@@H]5CC[C@@]4(C)[C@]3(C)CC2)s1. The molecule has 3 fully saturated rings. The molecule has 1 aromatic heterocycles. The number of ketones is 1. The number of aromatic nitrogens is 2. The van der Waals surface area contributed by atoms with Crippen molar-refractivity contribution in [3.05, 3.63) is 21.3 Å². The standard InChI is InChI=1S/C34H51N3O2S/c1-21-36-37-28(40-21)31(6)15-14-29(2,3)12-10-23-24(38)18-26-32(7)19-22(20-35)27(39)30(4,5)25(32)11-13-34(26,9)33(23,8)17-16-31/h23,25-26,39H,10-19H2,1-9H3/t23?,25-,26+,31-,32-,33+,34+/m0/s1. The van der Waals surface area contributed by atoms with E-state index in [1.807, 2.05) is 6.92 Å². The van der Waals surface area contributed by atoms with E-state index in [0.717, 1.165) is 61.4 Å². The second-order valence-corrected chi connectivity index (χ2v) is 17.6. The monoisotopic (exact) mass is 565 g/mol. The normalized spacial score (nSPS) is 43.2. The van der Waals surface area contributed by atoms with Gasteiger partial charge >= 0.3 is 0 Å². The molecule has 5 rings (SSSR count). The van der Waals surface area contributed by atoms with Gasteiger partial charge in [0.1, 0.15) is 21.6 Å². The molecule has 6 heteroatoms. The Kier molecular flexibility index (Phi) is 6.98. The summed E-state index contributed by atoms with van der Waals surface area (Å²) < 4.78 is 0. The van der Waals surface area contributed by atoms with Crippen LogP contribution in [-0.4, -0.2) is 21.1 Å². The van der Waals surface area contributed by atoms with Crippen LogP contribution in [0.15, 0.2) is 11.3 Å². The maximum Gasteiger partial charge on any atom is 0.136 e. The van der Waals surface area contributed by atoms with Crippen LogP contribution in [0.5, 0.6) is 0 Å². The van der Waals surface area contributed by atoms with Crippen molar-refractivity contribution in [1.82, 2.24) is 10.2 Å². The summed E-state index contributed by atoms with van der Waals surface area (Å²) in [5, 5.41) is 32.4. The molecule has 0 amide bonds. The van der Waals surface area contributed by atoms with Gasteiger partial charge in [0.15, 0.2) is 0 Å². The third kappa shape index (κ3) is 4.23. The molecule has 7 atom stereocenters. The van der Waals surface area contributed by atoms with Crippen molar-refractivity contribution in [1.29, 1.82) is 5.26 Å². The maximum atomic E-state index is 14.4. The van der Waals surface area contributed by atoms with Gasteiger partial charge in [-0.1, -0.05) is 55.4 Å². The van der Waals surface area contributed by atoms with Gasteiger partial charge in [0, 0.05) is 23.2 Å². The summed E-state index contributed by atoms with van der Waals surface area (Å²) in [6.45, 7) is 20.7. The van der Waals surface area contributed by atoms with Crippen LogP contribution in [0, 0.1) is 63.1 Å². The van der Waals surface area contributed by atoms with Crippen molar-refractivity contribution in [2.24, 2.45) is 44.8 Å². The van der Waals surface area contributed by atoms with Gasteiger partial charge in [0.2, 0.25) is 0 Å². The average Bonchev–Trinajstić information content (AvgIpc) is 3.32. The number of aliphatic hydroxyl groups is 1. The molecule has 0 aromatic carbocycles. The third-order valence-electron chi connectivity index (χ3n) is 13.3. The van der Waals surface area contributed by atoms with E-state index in [-0.39, 0.29) is 50.6 Å². The Balaban J connectivity index is 1.61. The van der Waals surface area contributed by atoms with E-state index in [1.54, 1.807) is 11.3 Å². The molecule has 40 heavy (non-hydrogen) atoms. The smallest absolute Gasteiger partial charge is 0.136 e. The fraction of sp³-hybridized carbons (Fsp3) is 0.824. The summed E-state index contributed by atoms with van der Waals surface area (Å²) in [7, 11) is 0. The van der Waals surface area contributed by atoms with E-state index in [0.29, 0.717) is 24.2 Å². The van der Waals surface area contributed by atoms with E-state index in [9.17, 15) is 15.2 Å². The molecule has 0 saturated heterocycles. The van der Waals surface area contributed by atoms with Gasteiger partial charge in [-0.05, 0) is 98.2 Å². The van der Waals surface area contributed by atoms with Gasteiger partial charge in [-0.2, -0.15) is 5.26 Å². The van der Waals surface area contributed by atoms with Crippen LogP contribution in [0.1, 0.15) is 130 Å². The molecule has 220 valence electrons. The zero-order valence-electron chi connectivity index (χ0n) is 26.4. The lowest BCUT2D eigenvalue weighted by Gasteiger charge is -2.69. The van der Waals surface area contributed by atoms with Crippen molar-refractivity contribution >= 4 is 17.1 Å². The minimum absolute atomic E-state index is 0.0261. The van der Waals surface area contributed by atoms with Gasteiger partial charge in [0.25, 0.3) is 0 Å². The molecule has 3 saturated carbocycles. The Bertz CT molecular complexity index is 1270. The second-order valence-electron chi connectivity index (χ2n) is 16.4. The Hall–Kier alpha value is -1.74. The molecule has 1 N–H and O–H groups in total. The van der Waals surface area contributed by atoms with Crippen molar-refractivity contribution in [3.8, 4) is 6.07 Å². The fourth-order valence-electron chi connectivity index (χ4n) is 10.3. The fourth-order valence-corrected chi connectivity index (χ4v) is 11.2. The number of nitrogens with zero attached hydrogens (tertiary/aromatic N) is 3. The first-order chi connectivity index (χ1) is 18.4. The van der Waals surface area contributed by atoms with Gasteiger partial charge in [-0.25, -0.2) is 0 Å². The number of allylic oxidation sites excluding steroid dienone is 2. The highest BCUT2D eigenvalue weighted by Gasteiger charge is 2.68. The first-order valence-electron chi connectivity index (χ1n) is 15.6. The predicted octanol–water partition coefficient (Wildman–Crippen LogP) is 8.88. The lowest BCUT2D eigenvalue weighted by atomic mass is 9.34. The Morgan fingerprint density at radius 1 is 0.875 bits per heavy atom. The molecular formula is C34H51N3O2S. The molecule has 1 unspecified atom stereocenters. The zero-order valence-corrected chi connectivity index (χ0v) is 27.2. The van der Waals surface area contributed by atoms with E-state index in [4.69, 9.17) is 0 Å². The van der Waals surface area contributed by atoms with Gasteiger partial charge in [0.05, 0.1) is 11.6 Å². The van der Waals surface area contributed by atoms with E-state index < -0.39 is 5.41 Å². The van der Waals surface area contributed by atoms with Crippen molar-refractivity contribution in [3.63, 3.8) is 0 Å². The minimum atomic E-state index is -0.463. The summed E-state index contributed by atoms with van der Waals surface area (Å²) >= 11 is 1.74. The number of carbonyl (C=O) groups is 1. The molecule has 0 aliphatic heterocycles. The highest BCUT2D eigenvalue weighted by atomic mass is 32.1.